The van der Waals surface area contributed by atoms with Crippen molar-refractivity contribution in [3.05, 3.63) is 35.4 Å². The largest absolute Gasteiger partial charge is 0.388 e. The van der Waals surface area contributed by atoms with E-state index >= 15 is 0 Å². The van der Waals surface area contributed by atoms with Crippen LogP contribution < -0.4 is 5.32 Å². The number of nitrogens with one attached hydrogen (secondary N) is 1. The molecule has 210 valence electrons. The SMILES string of the molecule is CC(=O)N1C[C@@H]2CN(CCO2)C(=O)[C@@H]2C[C@@H](CN2Cc2ccc(C#N)cc2)NC(=O)C[C@@H]2O[C@H](C1)[C@@H](O)[C@H]2O. The standard InChI is InChI=1S/C27H35N5O7/c1-16(33)31-14-20-13-30(6-7-38-20)27(37)21-8-19(12-32(21)11-18-4-2-17(10-28)3-5-18)29-24(34)9-22-25(35)26(36)23(15-31)39-22/h2-5,19-23,25-26,35-36H,6-9,11-15H2,1H3,(H,29,34)/t19-,20-,21-,22-,23+,25-,26+/m0/s1. The third-order valence-corrected chi connectivity index (χ3v) is 8.09. The Hall–Kier alpha value is -3.08. The van der Waals surface area contributed by atoms with E-state index in [0.717, 1.165) is 5.56 Å². The fourth-order valence-corrected chi connectivity index (χ4v) is 6.01. The van der Waals surface area contributed by atoms with Crippen LogP contribution in [-0.4, -0.2) is 125 Å². The highest BCUT2D eigenvalue weighted by molar-refractivity contribution is 5.83. The molecule has 7 atom stereocenters. The van der Waals surface area contributed by atoms with Gasteiger partial charge in [-0.15, -0.1) is 0 Å². The van der Waals surface area contributed by atoms with Gasteiger partial charge in [0.25, 0.3) is 0 Å². The number of benzene rings is 1. The predicted molar refractivity (Wildman–Crippen MR) is 136 cm³/mol. The number of carbonyl (C=O) groups excluding carboxylic acids is 3. The molecule has 0 saturated carbocycles. The van der Waals surface area contributed by atoms with E-state index in [1.807, 2.05) is 17.0 Å². The molecule has 0 radical (unpaired) electrons. The normalized spacial score (nSPS) is 34.1. The molecule has 5 rings (SSSR count). The van der Waals surface area contributed by atoms with Crippen molar-refractivity contribution in [1.29, 1.82) is 5.26 Å². The molecule has 1 aromatic rings. The second kappa shape index (κ2) is 11.6. The zero-order chi connectivity index (χ0) is 27.7. The zero-order valence-corrected chi connectivity index (χ0v) is 21.9. The van der Waals surface area contributed by atoms with Gasteiger partial charge in [0, 0.05) is 52.2 Å². The first-order chi connectivity index (χ1) is 18.7. The molecule has 1 aromatic carbocycles. The smallest absolute Gasteiger partial charge is 0.240 e. The Morgan fingerprint density at radius 2 is 1.85 bits per heavy atom. The summed E-state index contributed by atoms with van der Waals surface area (Å²) in [6.07, 6.45) is -4.43. The molecular formula is C27H35N5O7. The molecule has 3 N–H and O–H groups in total. The number of rotatable bonds is 2. The number of morpholine rings is 1. The van der Waals surface area contributed by atoms with Crippen LogP contribution in [0, 0.1) is 11.3 Å². The average Bonchev–Trinajstić information content (AvgIpc) is 3.43. The molecule has 0 aromatic heterocycles. The van der Waals surface area contributed by atoms with E-state index in [2.05, 4.69) is 11.4 Å². The first kappa shape index (κ1) is 27.5. The van der Waals surface area contributed by atoms with Crippen molar-refractivity contribution in [3.8, 4) is 6.07 Å². The van der Waals surface area contributed by atoms with Crippen molar-refractivity contribution in [3.63, 3.8) is 0 Å². The lowest BCUT2D eigenvalue weighted by Gasteiger charge is -2.38. The van der Waals surface area contributed by atoms with Crippen LogP contribution >= 0.6 is 0 Å². The molecule has 4 saturated heterocycles. The second-order valence-electron chi connectivity index (χ2n) is 10.9. The Morgan fingerprint density at radius 3 is 2.56 bits per heavy atom. The van der Waals surface area contributed by atoms with Crippen LogP contribution in [0.5, 0.6) is 0 Å². The number of nitriles is 1. The summed E-state index contributed by atoms with van der Waals surface area (Å²) in [6.45, 7) is 3.62. The minimum absolute atomic E-state index is 0.0309. The quantitative estimate of drug-likeness (QED) is 0.409. The minimum Gasteiger partial charge on any atom is -0.388 e. The third kappa shape index (κ3) is 6.08. The van der Waals surface area contributed by atoms with Crippen LogP contribution in [0.3, 0.4) is 0 Å². The Kier molecular flexibility index (Phi) is 8.16. The Labute approximate surface area is 227 Å². The molecule has 6 bridgehead atoms. The monoisotopic (exact) mass is 541 g/mol. The lowest BCUT2D eigenvalue weighted by molar-refractivity contribution is -0.146. The lowest BCUT2D eigenvalue weighted by atomic mass is 10.0. The van der Waals surface area contributed by atoms with Gasteiger partial charge in [0.15, 0.2) is 0 Å². The van der Waals surface area contributed by atoms with Crippen molar-refractivity contribution in [2.75, 3.05) is 39.3 Å². The zero-order valence-electron chi connectivity index (χ0n) is 21.9. The highest BCUT2D eigenvalue weighted by atomic mass is 16.5. The molecule has 12 nitrogen and oxygen atoms in total. The molecule has 39 heavy (non-hydrogen) atoms. The van der Waals surface area contributed by atoms with Crippen molar-refractivity contribution < 1.29 is 34.1 Å². The molecule has 4 fully saturated rings. The van der Waals surface area contributed by atoms with Gasteiger partial charge in [-0.2, -0.15) is 5.26 Å². The van der Waals surface area contributed by atoms with Crippen LogP contribution in [0.1, 0.15) is 30.9 Å². The number of hydrogen-bond acceptors (Lipinski definition) is 9. The van der Waals surface area contributed by atoms with E-state index in [-0.39, 0.29) is 43.3 Å². The van der Waals surface area contributed by atoms with E-state index in [0.29, 0.717) is 44.8 Å². The number of nitrogens with zero attached hydrogens (tertiary/aromatic N) is 4. The Balaban J connectivity index is 1.40. The Bertz CT molecular complexity index is 1120. The van der Waals surface area contributed by atoms with Gasteiger partial charge in [-0.1, -0.05) is 12.1 Å². The summed E-state index contributed by atoms with van der Waals surface area (Å²) in [6, 6.07) is 8.56. The maximum absolute atomic E-state index is 13.8. The number of fused-ring (bicyclic) bond motifs is 6. The predicted octanol–water partition coefficient (Wildman–Crippen LogP) is -1.41. The van der Waals surface area contributed by atoms with Gasteiger partial charge in [0.05, 0.1) is 42.9 Å². The topological polar surface area (TPSA) is 156 Å². The molecule has 3 amide bonds. The van der Waals surface area contributed by atoms with Gasteiger partial charge < -0.3 is 34.8 Å². The molecule has 0 unspecified atom stereocenters. The van der Waals surface area contributed by atoms with Gasteiger partial charge in [0.1, 0.15) is 18.3 Å². The van der Waals surface area contributed by atoms with Gasteiger partial charge in [-0.05, 0) is 24.1 Å². The molecule has 0 spiro atoms. The fourth-order valence-electron chi connectivity index (χ4n) is 6.01. The molecule has 4 heterocycles. The van der Waals surface area contributed by atoms with Crippen molar-refractivity contribution in [2.24, 2.45) is 0 Å². The van der Waals surface area contributed by atoms with E-state index in [1.165, 1.54) is 11.8 Å². The van der Waals surface area contributed by atoms with Gasteiger partial charge in [0.2, 0.25) is 17.7 Å². The number of ether oxygens (including phenoxy) is 2. The van der Waals surface area contributed by atoms with E-state index in [4.69, 9.17) is 14.7 Å². The summed E-state index contributed by atoms with van der Waals surface area (Å²) >= 11 is 0. The van der Waals surface area contributed by atoms with Crippen LogP contribution in [0.4, 0.5) is 0 Å². The van der Waals surface area contributed by atoms with Crippen molar-refractivity contribution in [2.45, 2.75) is 68.9 Å². The molecule has 12 heteroatoms. The van der Waals surface area contributed by atoms with Crippen LogP contribution in [0.15, 0.2) is 24.3 Å². The summed E-state index contributed by atoms with van der Waals surface area (Å²) in [5.41, 5.74) is 1.50. The first-order valence-electron chi connectivity index (χ1n) is 13.4. The first-order valence-corrected chi connectivity index (χ1v) is 13.4. The summed E-state index contributed by atoms with van der Waals surface area (Å²) in [4.78, 5) is 44.5. The van der Waals surface area contributed by atoms with Crippen molar-refractivity contribution in [1.82, 2.24) is 20.0 Å². The van der Waals surface area contributed by atoms with Gasteiger partial charge >= 0.3 is 0 Å². The van der Waals surface area contributed by atoms with Crippen LogP contribution in [0.25, 0.3) is 0 Å². The summed E-state index contributed by atoms with van der Waals surface area (Å²) in [7, 11) is 0. The fraction of sp³-hybridized carbons (Fsp3) is 0.630. The molecule has 0 aliphatic carbocycles. The summed E-state index contributed by atoms with van der Waals surface area (Å²) < 4.78 is 11.8. The molecule has 4 aliphatic rings. The third-order valence-electron chi connectivity index (χ3n) is 8.09. The number of aliphatic hydroxyl groups is 2. The average molecular weight is 542 g/mol. The highest BCUT2D eigenvalue weighted by Gasteiger charge is 2.46. The number of amides is 3. The second-order valence-corrected chi connectivity index (χ2v) is 10.9. The molecule has 4 aliphatic heterocycles. The lowest BCUT2D eigenvalue weighted by Crippen LogP contribution is -2.55. The highest BCUT2D eigenvalue weighted by Crippen LogP contribution is 2.27. The van der Waals surface area contributed by atoms with Gasteiger partial charge in [-0.3, -0.25) is 19.3 Å². The maximum atomic E-state index is 13.8. The number of aliphatic hydroxyl groups excluding tert-OH is 2. The number of hydrogen-bond donors (Lipinski definition) is 3. The summed E-state index contributed by atoms with van der Waals surface area (Å²) in [5.74, 6) is -0.642. The van der Waals surface area contributed by atoms with Crippen LogP contribution in [0.2, 0.25) is 0 Å². The number of likely N-dealkylation sites (tertiary alicyclic amines) is 1. The van der Waals surface area contributed by atoms with E-state index in [9.17, 15) is 24.6 Å². The maximum Gasteiger partial charge on any atom is 0.240 e. The van der Waals surface area contributed by atoms with E-state index in [1.54, 1.807) is 17.0 Å². The van der Waals surface area contributed by atoms with E-state index < -0.39 is 36.6 Å². The van der Waals surface area contributed by atoms with Gasteiger partial charge in [-0.25, -0.2) is 0 Å². The minimum atomic E-state index is -1.27. The Morgan fingerprint density at radius 1 is 1.10 bits per heavy atom. The number of carbonyl (C=O) groups is 3. The summed E-state index contributed by atoms with van der Waals surface area (Å²) in [5, 5.41) is 33.3. The van der Waals surface area contributed by atoms with Crippen LogP contribution in [-0.2, 0) is 30.4 Å². The van der Waals surface area contributed by atoms with Crippen molar-refractivity contribution >= 4 is 17.7 Å². The molecular weight excluding hydrogens is 506 g/mol.